The van der Waals surface area contributed by atoms with Crippen LogP contribution in [0.25, 0.3) is 0 Å². The third-order valence-electron chi connectivity index (χ3n) is 3.53. The Balaban J connectivity index is 2.00. The van der Waals surface area contributed by atoms with E-state index in [1.165, 1.54) is 30.5 Å². The number of aromatic nitrogens is 1. The number of rotatable bonds is 7. The molecule has 1 N–H and O–H groups in total. The summed E-state index contributed by atoms with van der Waals surface area (Å²) >= 11 is 5.77. The molecule has 0 bridgehead atoms. The van der Waals surface area contributed by atoms with Gasteiger partial charge < -0.3 is 10.1 Å². The molecule has 0 saturated carbocycles. The van der Waals surface area contributed by atoms with Gasteiger partial charge in [0.25, 0.3) is 5.91 Å². The van der Waals surface area contributed by atoms with Gasteiger partial charge in [0.2, 0.25) is 0 Å². The Morgan fingerprint density at radius 2 is 1.96 bits per heavy atom. The predicted octanol–water partition coefficient (Wildman–Crippen LogP) is 4.09. The molecular weight excluding hydrogens is 385 g/mol. The number of halogens is 4. The Morgan fingerprint density at radius 1 is 1.22 bits per heavy atom. The minimum atomic E-state index is -4.84. The number of hydrogen-bond donors (Lipinski definition) is 1. The highest BCUT2D eigenvalue weighted by Gasteiger charge is 2.32. The van der Waals surface area contributed by atoms with Crippen LogP contribution in [0.1, 0.15) is 35.0 Å². The van der Waals surface area contributed by atoms with E-state index in [0.29, 0.717) is 23.2 Å². The molecule has 5 nitrogen and oxygen atoms in total. The first-order valence-electron chi connectivity index (χ1n) is 7.97. The van der Waals surface area contributed by atoms with Gasteiger partial charge in [0.15, 0.2) is 0 Å². The quantitative estimate of drug-likeness (QED) is 0.760. The number of carbonyl (C=O) groups is 2. The third-order valence-corrected chi connectivity index (χ3v) is 3.82. The molecule has 0 aliphatic heterocycles. The molecule has 0 fully saturated rings. The number of benzene rings is 1. The van der Waals surface area contributed by atoms with Crippen LogP contribution in [0.3, 0.4) is 0 Å². The molecule has 1 amide bonds. The number of nitrogens with one attached hydrogen (secondary N) is 1. The van der Waals surface area contributed by atoms with Crippen molar-refractivity contribution in [3.8, 4) is 5.75 Å². The van der Waals surface area contributed by atoms with Gasteiger partial charge in [0.05, 0.1) is 5.02 Å². The number of amides is 1. The number of Topliss-reactive ketones (excluding diaryl/α,β-unsaturated/α-hetero) is 1. The molecule has 0 aliphatic rings. The highest BCUT2D eigenvalue weighted by molar-refractivity contribution is 6.32. The van der Waals surface area contributed by atoms with E-state index in [-0.39, 0.29) is 23.8 Å². The molecule has 0 spiro atoms. The second-order valence-corrected chi connectivity index (χ2v) is 6.01. The first-order valence-corrected chi connectivity index (χ1v) is 8.34. The van der Waals surface area contributed by atoms with Crippen LogP contribution < -0.4 is 10.1 Å². The highest BCUT2D eigenvalue weighted by Crippen LogP contribution is 2.30. The summed E-state index contributed by atoms with van der Waals surface area (Å²) in [7, 11) is 0. The molecule has 144 valence electrons. The van der Waals surface area contributed by atoms with E-state index in [0.717, 1.165) is 6.07 Å². The zero-order valence-electron chi connectivity index (χ0n) is 14.3. The van der Waals surface area contributed by atoms with Crippen molar-refractivity contribution in [1.29, 1.82) is 0 Å². The lowest BCUT2D eigenvalue weighted by Gasteiger charge is -2.12. The standard InChI is InChI=1S/C18H16ClF3N2O3/c1-2-14(25)9-13-8-12(5-6-23-13)17(26)24-10-11-3-4-16(15(19)7-11)27-18(20,21)22/h3-8H,2,9-10H2,1H3,(H,24,26). The molecule has 0 atom stereocenters. The molecule has 2 aromatic rings. The second-order valence-electron chi connectivity index (χ2n) is 5.60. The summed E-state index contributed by atoms with van der Waals surface area (Å²) in [5.74, 6) is -0.913. The van der Waals surface area contributed by atoms with Crippen molar-refractivity contribution in [3.05, 3.63) is 58.4 Å². The number of pyridine rings is 1. The average molecular weight is 401 g/mol. The van der Waals surface area contributed by atoms with Crippen LogP contribution in [0.15, 0.2) is 36.5 Å². The maximum absolute atomic E-state index is 12.2. The summed E-state index contributed by atoms with van der Waals surface area (Å²) in [6.45, 7) is 1.80. The Bertz CT molecular complexity index is 841. The van der Waals surface area contributed by atoms with Crippen LogP contribution >= 0.6 is 11.6 Å². The summed E-state index contributed by atoms with van der Waals surface area (Å²) in [4.78, 5) is 27.8. The summed E-state index contributed by atoms with van der Waals surface area (Å²) in [5.41, 5.74) is 1.32. The Labute approximate surface area is 158 Å². The maximum atomic E-state index is 12.2. The van der Waals surface area contributed by atoms with Gasteiger partial charge in [-0.3, -0.25) is 14.6 Å². The van der Waals surface area contributed by atoms with E-state index >= 15 is 0 Å². The summed E-state index contributed by atoms with van der Waals surface area (Å²) in [6, 6.07) is 6.75. The molecule has 1 heterocycles. The zero-order valence-corrected chi connectivity index (χ0v) is 15.0. The van der Waals surface area contributed by atoms with Crippen LogP contribution in [0.4, 0.5) is 13.2 Å². The smallest absolute Gasteiger partial charge is 0.404 e. The monoisotopic (exact) mass is 400 g/mol. The third kappa shape index (κ3) is 6.56. The van der Waals surface area contributed by atoms with Gasteiger partial charge in [-0.2, -0.15) is 0 Å². The van der Waals surface area contributed by atoms with Crippen molar-refractivity contribution in [2.45, 2.75) is 32.7 Å². The van der Waals surface area contributed by atoms with Crippen molar-refractivity contribution in [2.24, 2.45) is 0 Å². The van der Waals surface area contributed by atoms with Gasteiger partial charge in [0.1, 0.15) is 11.5 Å². The molecule has 0 aliphatic carbocycles. The van der Waals surface area contributed by atoms with Crippen molar-refractivity contribution in [1.82, 2.24) is 10.3 Å². The topological polar surface area (TPSA) is 68.3 Å². The van der Waals surface area contributed by atoms with Gasteiger partial charge in [-0.1, -0.05) is 24.6 Å². The maximum Gasteiger partial charge on any atom is 0.573 e. The van der Waals surface area contributed by atoms with Gasteiger partial charge in [-0.25, -0.2) is 0 Å². The van der Waals surface area contributed by atoms with Crippen LogP contribution in [0.2, 0.25) is 5.02 Å². The Kier molecular flexibility index (Phi) is 6.79. The van der Waals surface area contributed by atoms with Crippen LogP contribution in [0.5, 0.6) is 5.75 Å². The molecule has 9 heteroatoms. The second kappa shape index (κ2) is 8.85. The van der Waals surface area contributed by atoms with Crippen LogP contribution in [-0.2, 0) is 17.8 Å². The molecule has 1 aromatic heterocycles. The van der Waals surface area contributed by atoms with Gasteiger partial charge in [-0.05, 0) is 29.8 Å². The number of alkyl halides is 3. The van der Waals surface area contributed by atoms with Crippen LogP contribution in [0, 0.1) is 0 Å². The molecule has 0 saturated heterocycles. The number of ether oxygens (including phenoxy) is 1. The number of ketones is 1. The van der Waals surface area contributed by atoms with Gasteiger partial charge >= 0.3 is 6.36 Å². The van der Waals surface area contributed by atoms with E-state index in [9.17, 15) is 22.8 Å². The normalized spacial score (nSPS) is 11.1. The predicted molar refractivity (Wildman–Crippen MR) is 92.5 cm³/mol. The van der Waals surface area contributed by atoms with Crippen molar-refractivity contribution < 1.29 is 27.5 Å². The average Bonchev–Trinajstić information content (AvgIpc) is 2.60. The fraction of sp³-hybridized carbons (Fsp3) is 0.278. The van der Waals surface area contributed by atoms with Crippen LogP contribution in [-0.4, -0.2) is 23.0 Å². The van der Waals surface area contributed by atoms with E-state index in [2.05, 4.69) is 15.0 Å². The lowest BCUT2D eigenvalue weighted by atomic mass is 10.1. The minimum Gasteiger partial charge on any atom is -0.404 e. The van der Waals surface area contributed by atoms with E-state index < -0.39 is 18.0 Å². The number of nitrogens with zero attached hydrogens (tertiary/aromatic N) is 1. The molecule has 2 rings (SSSR count). The Morgan fingerprint density at radius 3 is 2.59 bits per heavy atom. The first-order chi connectivity index (χ1) is 12.7. The lowest BCUT2D eigenvalue weighted by molar-refractivity contribution is -0.274. The summed E-state index contributed by atoms with van der Waals surface area (Å²) in [6.07, 6.45) is -2.87. The van der Waals surface area contributed by atoms with E-state index in [4.69, 9.17) is 11.6 Å². The Hall–Kier alpha value is -2.61. The molecule has 27 heavy (non-hydrogen) atoms. The lowest BCUT2D eigenvalue weighted by Crippen LogP contribution is -2.23. The SMILES string of the molecule is CCC(=O)Cc1cc(C(=O)NCc2ccc(OC(F)(F)F)c(Cl)c2)ccn1. The van der Waals surface area contributed by atoms with E-state index in [1.807, 2.05) is 0 Å². The fourth-order valence-corrected chi connectivity index (χ4v) is 2.43. The van der Waals surface area contributed by atoms with Crippen molar-refractivity contribution in [3.63, 3.8) is 0 Å². The first kappa shape index (κ1) is 20.7. The molecular formula is C18H16ClF3N2O3. The number of carbonyl (C=O) groups excluding carboxylic acids is 2. The molecule has 1 aromatic carbocycles. The zero-order chi connectivity index (χ0) is 20.0. The summed E-state index contributed by atoms with van der Waals surface area (Å²) in [5, 5.41) is 2.41. The fourth-order valence-electron chi connectivity index (χ4n) is 2.19. The van der Waals surface area contributed by atoms with Gasteiger partial charge in [0, 0.05) is 36.8 Å². The minimum absolute atomic E-state index is 0.0101. The van der Waals surface area contributed by atoms with Crippen molar-refractivity contribution in [2.75, 3.05) is 0 Å². The van der Waals surface area contributed by atoms with Gasteiger partial charge in [-0.15, -0.1) is 13.2 Å². The molecule has 0 unspecified atom stereocenters. The largest absolute Gasteiger partial charge is 0.573 e. The highest BCUT2D eigenvalue weighted by atomic mass is 35.5. The summed E-state index contributed by atoms with van der Waals surface area (Å²) < 4.78 is 40.5. The van der Waals surface area contributed by atoms with E-state index in [1.54, 1.807) is 6.92 Å². The number of hydrogen-bond acceptors (Lipinski definition) is 4. The van der Waals surface area contributed by atoms with Crippen molar-refractivity contribution >= 4 is 23.3 Å². The molecule has 0 radical (unpaired) electrons.